The lowest BCUT2D eigenvalue weighted by atomic mass is 10.1. The van der Waals surface area contributed by atoms with E-state index in [2.05, 4.69) is 5.32 Å². The maximum atomic E-state index is 11.5. The number of carbonyl (C=O) groups excluding carboxylic acids is 1. The van der Waals surface area contributed by atoms with Crippen molar-refractivity contribution in [3.63, 3.8) is 0 Å². The van der Waals surface area contributed by atoms with Gasteiger partial charge in [0.05, 0.1) is 7.11 Å². The van der Waals surface area contributed by atoms with Crippen molar-refractivity contribution >= 4 is 11.9 Å². The molecule has 98 valence electrons. The maximum absolute atomic E-state index is 11.5. The molecule has 5 heteroatoms. The minimum absolute atomic E-state index is 0.234. The van der Waals surface area contributed by atoms with Gasteiger partial charge in [-0.3, -0.25) is 9.59 Å². The lowest BCUT2D eigenvalue weighted by Crippen LogP contribution is -2.38. The molecular weight excluding hydrogens is 234 g/mol. The molecule has 0 fully saturated rings. The highest BCUT2D eigenvalue weighted by molar-refractivity contribution is 5.83. The first-order valence-corrected chi connectivity index (χ1v) is 5.68. The predicted octanol–water partition coefficient (Wildman–Crippen LogP) is 1.22. The second kappa shape index (κ2) is 6.64. The first-order valence-electron chi connectivity index (χ1n) is 5.68. The van der Waals surface area contributed by atoms with E-state index in [0.717, 1.165) is 11.3 Å². The number of amides is 1. The number of methoxy groups -OCH3 is 1. The Kier molecular flexibility index (Phi) is 5.17. The molecule has 0 aromatic heterocycles. The Labute approximate surface area is 106 Å². The van der Waals surface area contributed by atoms with Crippen LogP contribution in [0.15, 0.2) is 24.3 Å². The van der Waals surface area contributed by atoms with Gasteiger partial charge in [-0.2, -0.15) is 0 Å². The molecule has 18 heavy (non-hydrogen) atoms. The van der Waals surface area contributed by atoms with Crippen molar-refractivity contribution in [2.24, 2.45) is 0 Å². The highest BCUT2D eigenvalue weighted by Gasteiger charge is 2.14. The highest BCUT2D eigenvalue weighted by atomic mass is 16.5. The fourth-order valence-corrected chi connectivity index (χ4v) is 1.53. The summed E-state index contributed by atoms with van der Waals surface area (Å²) in [4.78, 5) is 22.1. The Hall–Kier alpha value is -2.04. The molecule has 0 saturated heterocycles. The van der Waals surface area contributed by atoms with E-state index < -0.39 is 12.0 Å². The Balaban J connectivity index is 2.50. The topological polar surface area (TPSA) is 75.6 Å². The number of carbonyl (C=O) groups is 2. The predicted molar refractivity (Wildman–Crippen MR) is 66.6 cm³/mol. The minimum Gasteiger partial charge on any atom is -0.496 e. The lowest BCUT2D eigenvalue weighted by Gasteiger charge is -2.10. The Morgan fingerprint density at radius 3 is 2.67 bits per heavy atom. The number of rotatable bonds is 6. The number of benzene rings is 1. The molecule has 1 amide bonds. The van der Waals surface area contributed by atoms with Crippen molar-refractivity contribution in [2.45, 2.75) is 25.8 Å². The number of para-hydroxylation sites is 1. The number of carboxylic acids is 1. The van der Waals surface area contributed by atoms with Gasteiger partial charge in [0.15, 0.2) is 0 Å². The van der Waals surface area contributed by atoms with Gasteiger partial charge in [-0.25, -0.2) is 0 Å². The SMILES string of the molecule is COc1ccccc1CCC(=O)N[C@@H](C)C(=O)O. The summed E-state index contributed by atoms with van der Waals surface area (Å²) in [6.07, 6.45) is 0.750. The standard InChI is InChI=1S/C13H17NO4/c1-9(13(16)17)14-12(15)8-7-10-5-3-4-6-11(10)18-2/h3-6,9H,7-8H2,1-2H3,(H,14,15)(H,16,17)/t9-/m0/s1. The number of nitrogens with one attached hydrogen (secondary N) is 1. The van der Waals surface area contributed by atoms with E-state index in [4.69, 9.17) is 9.84 Å². The van der Waals surface area contributed by atoms with E-state index in [9.17, 15) is 9.59 Å². The smallest absolute Gasteiger partial charge is 0.325 e. The van der Waals surface area contributed by atoms with Gasteiger partial charge in [-0.1, -0.05) is 18.2 Å². The molecule has 0 aliphatic heterocycles. The van der Waals surface area contributed by atoms with Crippen LogP contribution in [-0.4, -0.2) is 30.1 Å². The first kappa shape index (κ1) is 14.0. The van der Waals surface area contributed by atoms with Crippen molar-refractivity contribution in [3.05, 3.63) is 29.8 Å². The van der Waals surface area contributed by atoms with Crippen LogP contribution in [0.5, 0.6) is 5.75 Å². The van der Waals surface area contributed by atoms with Gasteiger partial charge in [0.2, 0.25) is 5.91 Å². The summed E-state index contributed by atoms with van der Waals surface area (Å²) in [5.74, 6) is -0.590. The van der Waals surface area contributed by atoms with Gasteiger partial charge in [0.25, 0.3) is 0 Å². The van der Waals surface area contributed by atoms with E-state index >= 15 is 0 Å². The van der Waals surface area contributed by atoms with Gasteiger partial charge in [0, 0.05) is 6.42 Å². The summed E-state index contributed by atoms with van der Waals surface area (Å²) in [6.45, 7) is 1.43. The van der Waals surface area contributed by atoms with Crippen molar-refractivity contribution in [1.29, 1.82) is 0 Å². The van der Waals surface area contributed by atoms with Gasteiger partial charge in [-0.05, 0) is 25.0 Å². The molecule has 1 aromatic carbocycles. The molecular formula is C13H17NO4. The third-order valence-electron chi connectivity index (χ3n) is 2.56. The van der Waals surface area contributed by atoms with Crippen LogP contribution in [0.2, 0.25) is 0 Å². The number of hydrogen-bond acceptors (Lipinski definition) is 3. The van der Waals surface area contributed by atoms with Gasteiger partial charge in [0.1, 0.15) is 11.8 Å². The molecule has 0 radical (unpaired) electrons. The van der Waals surface area contributed by atoms with E-state index in [1.807, 2.05) is 24.3 Å². The fraction of sp³-hybridized carbons (Fsp3) is 0.385. The largest absolute Gasteiger partial charge is 0.496 e. The average molecular weight is 251 g/mol. The van der Waals surface area contributed by atoms with Crippen LogP contribution in [-0.2, 0) is 16.0 Å². The molecule has 0 bridgehead atoms. The van der Waals surface area contributed by atoms with Crippen molar-refractivity contribution in [2.75, 3.05) is 7.11 Å². The second-order valence-corrected chi connectivity index (χ2v) is 3.94. The number of ether oxygens (including phenoxy) is 1. The molecule has 5 nitrogen and oxygen atoms in total. The molecule has 1 aromatic rings. The number of hydrogen-bond donors (Lipinski definition) is 2. The van der Waals surface area contributed by atoms with Crippen LogP contribution in [0.3, 0.4) is 0 Å². The number of aryl methyl sites for hydroxylation is 1. The molecule has 0 saturated carbocycles. The first-order chi connectivity index (χ1) is 8.54. The number of carboxylic acid groups (broad SMARTS) is 1. The van der Waals surface area contributed by atoms with Crippen LogP contribution < -0.4 is 10.1 Å². The molecule has 0 unspecified atom stereocenters. The molecule has 1 rings (SSSR count). The third kappa shape index (κ3) is 4.08. The number of aliphatic carboxylic acids is 1. The van der Waals surface area contributed by atoms with Crippen LogP contribution in [0.25, 0.3) is 0 Å². The zero-order valence-electron chi connectivity index (χ0n) is 10.5. The molecule has 0 spiro atoms. The summed E-state index contributed by atoms with van der Waals surface area (Å²) in [5.41, 5.74) is 0.929. The molecule has 1 atom stereocenters. The van der Waals surface area contributed by atoms with Crippen molar-refractivity contribution < 1.29 is 19.4 Å². The second-order valence-electron chi connectivity index (χ2n) is 3.94. The fourth-order valence-electron chi connectivity index (χ4n) is 1.53. The van der Waals surface area contributed by atoms with Crippen LogP contribution in [0.1, 0.15) is 18.9 Å². The summed E-state index contributed by atoms with van der Waals surface area (Å²) in [6, 6.07) is 6.57. The monoisotopic (exact) mass is 251 g/mol. The van der Waals surface area contributed by atoms with Crippen LogP contribution in [0.4, 0.5) is 0 Å². The molecule has 2 N–H and O–H groups in total. The zero-order chi connectivity index (χ0) is 13.5. The molecule has 0 aliphatic carbocycles. The van der Waals surface area contributed by atoms with E-state index in [0.29, 0.717) is 6.42 Å². The lowest BCUT2D eigenvalue weighted by molar-refractivity contribution is -0.141. The van der Waals surface area contributed by atoms with E-state index in [1.54, 1.807) is 7.11 Å². The van der Waals surface area contributed by atoms with Gasteiger partial charge < -0.3 is 15.2 Å². The Bertz CT molecular complexity index is 431. The summed E-state index contributed by atoms with van der Waals surface area (Å²) in [7, 11) is 1.57. The molecule has 0 aliphatic rings. The van der Waals surface area contributed by atoms with Crippen molar-refractivity contribution in [3.8, 4) is 5.75 Å². The van der Waals surface area contributed by atoms with Crippen molar-refractivity contribution in [1.82, 2.24) is 5.32 Å². The summed E-state index contributed by atoms with van der Waals surface area (Å²) in [5, 5.41) is 11.1. The average Bonchev–Trinajstić information content (AvgIpc) is 2.36. The third-order valence-corrected chi connectivity index (χ3v) is 2.56. The highest BCUT2D eigenvalue weighted by Crippen LogP contribution is 2.18. The van der Waals surface area contributed by atoms with E-state index in [1.165, 1.54) is 6.92 Å². The molecule has 0 heterocycles. The van der Waals surface area contributed by atoms with E-state index in [-0.39, 0.29) is 12.3 Å². The minimum atomic E-state index is -1.04. The van der Waals surface area contributed by atoms with Crippen LogP contribution in [0, 0.1) is 0 Å². The Morgan fingerprint density at radius 2 is 2.06 bits per heavy atom. The zero-order valence-corrected chi connectivity index (χ0v) is 10.5. The normalized spacial score (nSPS) is 11.7. The maximum Gasteiger partial charge on any atom is 0.325 e. The van der Waals surface area contributed by atoms with Crippen LogP contribution >= 0.6 is 0 Å². The van der Waals surface area contributed by atoms with Gasteiger partial charge in [-0.15, -0.1) is 0 Å². The Morgan fingerprint density at radius 1 is 1.39 bits per heavy atom. The quantitative estimate of drug-likeness (QED) is 0.797. The summed E-state index contributed by atoms with van der Waals surface area (Å²) >= 11 is 0. The van der Waals surface area contributed by atoms with Gasteiger partial charge >= 0.3 is 5.97 Å². The summed E-state index contributed by atoms with van der Waals surface area (Å²) < 4.78 is 5.17.